The molecule has 1 unspecified atom stereocenters. The predicted octanol–water partition coefficient (Wildman–Crippen LogP) is 3.48. The lowest BCUT2D eigenvalue weighted by atomic mass is 10.1. The van der Waals surface area contributed by atoms with Crippen molar-refractivity contribution in [3.05, 3.63) is 35.9 Å². The Hall–Kier alpha value is -0.540. The Bertz CT molecular complexity index is 313. The van der Waals surface area contributed by atoms with Crippen LogP contribution in [0.3, 0.4) is 0 Å². The van der Waals surface area contributed by atoms with E-state index in [2.05, 4.69) is 0 Å². The Morgan fingerprint density at radius 3 is 2.57 bits per heavy atom. The van der Waals surface area contributed by atoms with Gasteiger partial charge in [0.1, 0.15) is 0 Å². The number of carbonyl (C=O) groups excluding carboxylic acids is 1. The van der Waals surface area contributed by atoms with E-state index in [1.807, 2.05) is 0 Å². The SMILES string of the molecule is CCSC(F)(Cl)C(=O)c1ccccc1. The molecule has 76 valence electrons. The minimum atomic E-state index is -2.34. The van der Waals surface area contributed by atoms with Crippen molar-refractivity contribution in [3.8, 4) is 0 Å². The van der Waals surface area contributed by atoms with E-state index in [1.165, 1.54) is 0 Å². The molecule has 0 aliphatic carbocycles. The van der Waals surface area contributed by atoms with Gasteiger partial charge in [0.2, 0.25) is 5.78 Å². The molecule has 0 aromatic heterocycles. The molecule has 0 aliphatic heterocycles. The highest BCUT2D eigenvalue weighted by molar-refractivity contribution is 8.02. The van der Waals surface area contributed by atoms with Gasteiger partial charge in [0.05, 0.1) is 0 Å². The van der Waals surface area contributed by atoms with Gasteiger partial charge < -0.3 is 0 Å². The van der Waals surface area contributed by atoms with Crippen molar-refractivity contribution in [2.45, 2.75) is 11.4 Å². The quantitative estimate of drug-likeness (QED) is 0.584. The Morgan fingerprint density at radius 2 is 2.07 bits per heavy atom. The third-order valence-electron chi connectivity index (χ3n) is 1.63. The maximum Gasteiger partial charge on any atom is 0.292 e. The van der Waals surface area contributed by atoms with Gasteiger partial charge in [0.15, 0.2) is 0 Å². The number of hydrogen-bond acceptors (Lipinski definition) is 2. The molecule has 0 bridgehead atoms. The third-order valence-corrected chi connectivity index (χ3v) is 2.96. The summed E-state index contributed by atoms with van der Waals surface area (Å²) in [6.07, 6.45) is 0. The summed E-state index contributed by atoms with van der Waals surface area (Å²) in [7, 11) is 0. The van der Waals surface area contributed by atoms with Gasteiger partial charge in [-0.3, -0.25) is 4.79 Å². The normalized spacial score (nSPS) is 14.8. The van der Waals surface area contributed by atoms with Gasteiger partial charge in [-0.1, -0.05) is 60.6 Å². The molecule has 0 amide bonds. The van der Waals surface area contributed by atoms with Crippen LogP contribution in [0.5, 0.6) is 0 Å². The summed E-state index contributed by atoms with van der Waals surface area (Å²) < 4.78 is 11.2. The van der Waals surface area contributed by atoms with Gasteiger partial charge in [0.25, 0.3) is 4.46 Å². The van der Waals surface area contributed by atoms with Gasteiger partial charge in [-0.2, -0.15) is 0 Å². The fourth-order valence-electron chi connectivity index (χ4n) is 1.00. The molecule has 1 atom stereocenters. The zero-order valence-corrected chi connectivity index (χ0v) is 9.24. The van der Waals surface area contributed by atoms with Crippen LogP contribution < -0.4 is 0 Å². The van der Waals surface area contributed by atoms with Crippen LogP contribution >= 0.6 is 23.4 Å². The topological polar surface area (TPSA) is 17.1 Å². The summed E-state index contributed by atoms with van der Waals surface area (Å²) in [5.74, 6) is -0.231. The fourth-order valence-corrected chi connectivity index (χ4v) is 2.05. The van der Waals surface area contributed by atoms with Crippen molar-refractivity contribution in [1.29, 1.82) is 0 Å². The molecule has 0 saturated heterocycles. The van der Waals surface area contributed by atoms with Gasteiger partial charge in [-0.05, 0) is 5.75 Å². The molecule has 0 saturated carbocycles. The van der Waals surface area contributed by atoms with E-state index < -0.39 is 10.2 Å². The molecule has 0 aliphatic rings. The number of rotatable bonds is 4. The first-order valence-electron chi connectivity index (χ1n) is 4.19. The summed E-state index contributed by atoms with van der Waals surface area (Å²) in [6.45, 7) is 1.75. The molecule has 1 rings (SSSR count). The summed E-state index contributed by atoms with van der Waals surface area (Å²) in [6, 6.07) is 8.22. The molecule has 14 heavy (non-hydrogen) atoms. The number of thioether (sulfide) groups is 1. The van der Waals surface area contributed by atoms with Crippen molar-refractivity contribution in [2.24, 2.45) is 0 Å². The molecule has 0 radical (unpaired) electrons. The van der Waals surface area contributed by atoms with Gasteiger partial charge in [0, 0.05) is 5.56 Å². The second-order valence-corrected chi connectivity index (χ2v) is 4.82. The van der Waals surface area contributed by atoms with Crippen LogP contribution in [0.25, 0.3) is 0 Å². The first-order chi connectivity index (χ1) is 6.58. The minimum Gasteiger partial charge on any atom is -0.288 e. The van der Waals surface area contributed by atoms with Crippen molar-refractivity contribution < 1.29 is 9.18 Å². The summed E-state index contributed by atoms with van der Waals surface area (Å²) in [5, 5.41) is 0. The Balaban J connectivity index is 2.85. The van der Waals surface area contributed by atoms with Crippen LogP contribution in [0.1, 0.15) is 17.3 Å². The highest BCUT2D eigenvalue weighted by atomic mass is 35.5. The summed E-state index contributed by atoms with van der Waals surface area (Å²) in [5.41, 5.74) is 0.297. The molecular weight excluding hydrogens is 223 g/mol. The molecule has 0 fully saturated rings. The summed E-state index contributed by atoms with van der Waals surface area (Å²) >= 11 is 6.25. The van der Waals surface area contributed by atoms with Gasteiger partial charge in [-0.15, -0.1) is 0 Å². The molecule has 0 heterocycles. The average molecular weight is 233 g/mol. The molecule has 1 aromatic rings. The lowest BCUT2D eigenvalue weighted by molar-refractivity contribution is 0.0912. The van der Waals surface area contributed by atoms with E-state index in [-0.39, 0.29) is 0 Å². The largest absolute Gasteiger partial charge is 0.292 e. The average Bonchev–Trinajstić information content (AvgIpc) is 2.18. The van der Waals surface area contributed by atoms with E-state index in [0.29, 0.717) is 11.3 Å². The Kier molecular flexibility index (Phi) is 3.96. The highest BCUT2D eigenvalue weighted by Gasteiger charge is 2.36. The molecule has 0 N–H and O–H groups in total. The van der Waals surface area contributed by atoms with Crippen LogP contribution in [-0.4, -0.2) is 16.0 Å². The number of carbonyl (C=O) groups is 1. The van der Waals surface area contributed by atoms with E-state index in [1.54, 1.807) is 37.3 Å². The molecule has 1 nitrogen and oxygen atoms in total. The standard InChI is InChI=1S/C10H10ClFOS/c1-2-14-10(11,12)9(13)8-6-4-3-5-7-8/h3-7H,2H2,1H3. The van der Waals surface area contributed by atoms with Crippen molar-refractivity contribution in [1.82, 2.24) is 0 Å². The first kappa shape index (κ1) is 11.5. The number of ketones is 1. The van der Waals surface area contributed by atoms with Gasteiger partial charge >= 0.3 is 0 Å². The Morgan fingerprint density at radius 1 is 1.50 bits per heavy atom. The van der Waals surface area contributed by atoms with Gasteiger partial charge in [-0.25, -0.2) is 4.39 Å². The molecule has 1 aromatic carbocycles. The lowest BCUT2D eigenvalue weighted by Gasteiger charge is -2.14. The number of Topliss-reactive ketones (excluding diaryl/α,β-unsaturated/α-hetero) is 1. The Labute approximate surface area is 91.6 Å². The van der Waals surface area contributed by atoms with Crippen molar-refractivity contribution >= 4 is 29.1 Å². The van der Waals surface area contributed by atoms with Crippen LogP contribution in [0, 0.1) is 0 Å². The van der Waals surface area contributed by atoms with Crippen LogP contribution in [0.15, 0.2) is 30.3 Å². The minimum absolute atomic E-state index is 0.297. The third kappa shape index (κ3) is 2.72. The van der Waals surface area contributed by atoms with E-state index in [0.717, 1.165) is 11.8 Å². The van der Waals surface area contributed by atoms with Crippen LogP contribution in [0.2, 0.25) is 0 Å². The second kappa shape index (κ2) is 4.80. The smallest absolute Gasteiger partial charge is 0.288 e. The molecular formula is C10H10ClFOS. The molecule has 4 heteroatoms. The monoisotopic (exact) mass is 232 g/mol. The van der Waals surface area contributed by atoms with Crippen LogP contribution in [0.4, 0.5) is 4.39 Å². The molecule has 0 spiro atoms. The maximum absolute atomic E-state index is 13.5. The van der Waals surface area contributed by atoms with Crippen molar-refractivity contribution in [3.63, 3.8) is 0 Å². The summed E-state index contributed by atoms with van der Waals surface area (Å²) in [4.78, 5) is 11.5. The van der Waals surface area contributed by atoms with E-state index in [9.17, 15) is 9.18 Å². The lowest BCUT2D eigenvalue weighted by Crippen LogP contribution is -2.23. The zero-order chi connectivity index (χ0) is 10.6. The van der Waals surface area contributed by atoms with E-state index >= 15 is 0 Å². The maximum atomic E-state index is 13.5. The number of halogens is 2. The second-order valence-electron chi connectivity index (χ2n) is 2.64. The first-order valence-corrected chi connectivity index (χ1v) is 5.56. The predicted molar refractivity (Wildman–Crippen MR) is 58.6 cm³/mol. The number of hydrogen-bond donors (Lipinski definition) is 0. The van der Waals surface area contributed by atoms with Crippen molar-refractivity contribution in [2.75, 3.05) is 5.75 Å². The zero-order valence-electron chi connectivity index (χ0n) is 7.67. The van der Waals surface area contributed by atoms with Crippen LogP contribution in [-0.2, 0) is 0 Å². The highest BCUT2D eigenvalue weighted by Crippen LogP contribution is 2.34. The fraction of sp³-hybridized carbons (Fsp3) is 0.300. The number of alkyl halides is 2. The van der Waals surface area contributed by atoms with E-state index in [4.69, 9.17) is 11.6 Å². The number of benzene rings is 1.